The second-order valence-electron chi connectivity index (χ2n) is 4.55. The second-order valence-corrected chi connectivity index (χ2v) is 4.98. The first-order valence-electron chi connectivity index (χ1n) is 5.94. The summed E-state index contributed by atoms with van der Waals surface area (Å²) in [5, 5.41) is 0.733. The van der Waals surface area contributed by atoms with Gasteiger partial charge in [0.1, 0.15) is 0 Å². The van der Waals surface area contributed by atoms with Gasteiger partial charge in [0, 0.05) is 11.2 Å². The van der Waals surface area contributed by atoms with Crippen molar-refractivity contribution in [3.63, 3.8) is 0 Å². The van der Waals surface area contributed by atoms with Gasteiger partial charge in [-0.2, -0.15) is 0 Å². The summed E-state index contributed by atoms with van der Waals surface area (Å²) in [5.74, 6) is 0. The normalized spacial score (nSPS) is 11.1. The summed E-state index contributed by atoms with van der Waals surface area (Å²) in [4.78, 5) is 4.49. The third-order valence-corrected chi connectivity index (χ3v) is 3.16. The average molecular weight is 258 g/mol. The third-order valence-electron chi connectivity index (χ3n) is 2.91. The summed E-state index contributed by atoms with van der Waals surface area (Å²) in [7, 11) is 0. The van der Waals surface area contributed by atoms with E-state index < -0.39 is 0 Å². The molecule has 0 aromatic heterocycles. The Kier molecular flexibility index (Phi) is 3.83. The van der Waals surface area contributed by atoms with E-state index >= 15 is 0 Å². The molecule has 92 valence electrons. The van der Waals surface area contributed by atoms with Crippen LogP contribution in [-0.4, -0.2) is 6.21 Å². The first-order chi connectivity index (χ1) is 8.56. The number of aryl methyl sites for hydroxylation is 3. The van der Waals surface area contributed by atoms with E-state index in [-0.39, 0.29) is 0 Å². The molecule has 0 aliphatic carbocycles. The van der Waals surface area contributed by atoms with E-state index in [1.54, 1.807) is 0 Å². The topological polar surface area (TPSA) is 12.4 Å². The maximum absolute atomic E-state index is 5.84. The Bertz CT molecular complexity index is 560. The largest absolute Gasteiger partial charge is 0.256 e. The van der Waals surface area contributed by atoms with Gasteiger partial charge in [0.25, 0.3) is 0 Å². The molecule has 2 aromatic carbocycles. The van der Waals surface area contributed by atoms with Gasteiger partial charge in [-0.25, -0.2) is 0 Å². The van der Waals surface area contributed by atoms with Crippen molar-refractivity contribution >= 4 is 23.5 Å². The maximum atomic E-state index is 5.84. The van der Waals surface area contributed by atoms with Crippen molar-refractivity contribution in [2.75, 3.05) is 0 Å². The molecule has 0 amide bonds. The van der Waals surface area contributed by atoms with Crippen LogP contribution in [0.1, 0.15) is 22.3 Å². The van der Waals surface area contributed by atoms with Crippen molar-refractivity contribution < 1.29 is 0 Å². The molecule has 0 bridgehead atoms. The molecule has 0 saturated heterocycles. The van der Waals surface area contributed by atoms with Crippen molar-refractivity contribution in [1.82, 2.24) is 0 Å². The van der Waals surface area contributed by atoms with Crippen LogP contribution in [0.3, 0.4) is 0 Å². The number of benzene rings is 2. The average Bonchev–Trinajstić information content (AvgIpc) is 2.30. The van der Waals surface area contributed by atoms with Crippen molar-refractivity contribution in [2.45, 2.75) is 20.8 Å². The Labute approximate surface area is 113 Å². The molecule has 2 rings (SSSR count). The Morgan fingerprint density at radius 2 is 1.50 bits per heavy atom. The molecule has 0 unspecified atom stereocenters. The SMILES string of the molecule is Cc1cc(C)c(C=Nc2ccc(Cl)cc2)c(C)c1. The molecule has 0 saturated carbocycles. The molecule has 2 heteroatoms. The van der Waals surface area contributed by atoms with Gasteiger partial charge < -0.3 is 0 Å². The lowest BCUT2D eigenvalue weighted by molar-refractivity contribution is 1.30. The highest BCUT2D eigenvalue weighted by molar-refractivity contribution is 6.30. The van der Waals surface area contributed by atoms with Gasteiger partial charge >= 0.3 is 0 Å². The molecule has 2 aromatic rings. The molecule has 0 radical (unpaired) electrons. The minimum absolute atomic E-state index is 0.733. The van der Waals surface area contributed by atoms with Crippen LogP contribution in [0.15, 0.2) is 41.4 Å². The van der Waals surface area contributed by atoms with Gasteiger partial charge in [-0.05, 0) is 61.7 Å². The Balaban J connectivity index is 2.31. The van der Waals surface area contributed by atoms with Gasteiger partial charge in [-0.1, -0.05) is 29.3 Å². The highest BCUT2D eigenvalue weighted by Crippen LogP contribution is 2.18. The summed E-state index contributed by atoms with van der Waals surface area (Å²) in [6, 6.07) is 11.9. The van der Waals surface area contributed by atoms with E-state index in [0.29, 0.717) is 0 Å². The minimum atomic E-state index is 0.733. The fourth-order valence-electron chi connectivity index (χ4n) is 2.06. The van der Waals surface area contributed by atoms with Crippen molar-refractivity contribution in [2.24, 2.45) is 4.99 Å². The van der Waals surface area contributed by atoms with Crippen molar-refractivity contribution in [3.05, 3.63) is 63.7 Å². The molecule has 0 aliphatic heterocycles. The summed E-state index contributed by atoms with van der Waals surface area (Å²) in [6.45, 7) is 6.34. The van der Waals surface area contributed by atoms with E-state index in [4.69, 9.17) is 11.6 Å². The van der Waals surface area contributed by atoms with Gasteiger partial charge in [0.2, 0.25) is 0 Å². The summed E-state index contributed by atoms with van der Waals surface area (Å²) in [6.07, 6.45) is 1.92. The van der Waals surface area contributed by atoms with Crippen LogP contribution in [0, 0.1) is 20.8 Å². The number of halogens is 1. The molecule has 0 atom stereocenters. The predicted molar refractivity (Wildman–Crippen MR) is 79.4 cm³/mol. The van der Waals surface area contributed by atoms with Crippen LogP contribution >= 0.6 is 11.6 Å². The fourth-order valence-corrected chi connectivity index (χ4v) is 2.19. The van der Waals surface area contributed by atoms with Crippen LogP contribution < -0.4 is 0 Å². The lowest BCUT2D eigenvalue weighted by atomic mass is 10.0. The van der Waals surface area contributed by atoms with Crippen LogP contribution in [0.25, 0.3) is 0 Å². The molecular weight excluding hydrogens is 242 g/mol. The predicted octanol–water partition coefficient (Wildman–Crippen LogP) is 5.02. The van der Waals surface area contributed by atoms with Crippen LogP contribution in [-0.2, 0) is 0 Å². The number of nitrogens with zero attached hydrogens (tertiary/aromatic N) is 1. The van der Waals surface area contributed by atoms with Gasteiger partial charge in [0.15, 0.2) is 0 Å². The van der Waals surface area contributed by atoms with Crippen LogP contribution in [0.4, 0.5) is 5.69 Å². The molecular formula is C16H16ClN. The highest BCUT2D eigenvalue weighted by atomic mass is 35.5. The van der Waals surface area contributed by atoms with Gasteiger partial charge in [0.05, 0.1) is 5.69 Å². The number of aliphatic imine (C=N–C) groups is 1. The quantitative estimate of drug-likeness (QED) is 0.670. The number of rotatable bonds is 2. The highest BCUT2D eigenvalue weighted by Gasteiger charge is 2.00. The number of hydrogen-bond acceptors (Lipinski definition) is 1. The molecule has 0 N–H and O–H groups in total. The molecule has 0 fully saturated rings. The van der Waals surface area contributed by atoms with E-state index in [9.17, 15) is 0 Å². The second kappa shape index (κ2) is 5.36. The Morgan fingerprint density at radius 3 is 2.06 bits per heavy atom. The zero-order chi connectivity index (χ0) is 13.1. The fraction of sp³-hybridized carbons (Fsp3) is 0.188. The van der Waals surface area contributed by atoms with E-state index in [0.717, 1.165) is 10.7 Å². The van der Waals surface area contributed by atoms with Crippen molar-refractivity contribution in [3.8, 4) is 0 Å². The molecule has 0 aliphatic rings. The monoisotopic (exact) mass is 257 g/mol. The van der Waals surface area contributed by atoms with Crippen molar-refractivity contribution in [1.29, 1.82) is 0 Å². The summed E-state index contributed by atoms with van der Waals surface area (Å²) < 4.78 is 0. The lowest BCUT2D eigenvalue weighted by Gasteiger charge is -2.06. The lowest BCUT2D eigenvalue weighted by Crippen LogP contribution is -1.93. The van der Waals surface area contributed by atoms with E-state index in [1.807, 2.05) is 30.5 Å². The standard InChI is InChI=1S/C16H16ClN/c1-11-8-12(2)16(13(3)9-11)10-18-15-6-4-14(17)5-7-15/h4-10H,1-3H3. The number of hydrogen-bond donors (Lipinski definition) is 0. The first-order valence-corrected chi connectivity index (χ1v) is 6.31. The maximum Gasteiger partial charge on any atom is 0.0630 e. The van der Waals surface area contributed by atoms with Crippen LogP contribution in [0.2, 0.25) is 5.02 Å². The summed E-state index contributed by atoms with van der Waals surface area (Å²) >= 11 is 5.84. The smallest absolute Gasteiger partial charge is 0.0630 e. The first kappa shape index (κ1) is 12.8. The van der Waals surface area contributed by atoms with E-state index in [2.05, 4.69) is 37.9 Å². The van der Waals surface area contributed by atoms with E-state index in [1.165, 1.54) is 22.3 Å². The molecule has 18 heavy (non-hydrogen) atoms. The van der Waals surface area contributed by atoms with Crippen LogP contribution in [0.5, 0.6) is 0 Å². The molecule has 0 spiro atoms. The Hall–Kier alpha value is -1.60. The van der Waals surface area contributed by atoms with Gasteiger partial charge in [-0.3, -0.25) is 4.99 Å². The molecule has 1 nitrogen and oxygen atoms in total. The minimum Gasteiger partial charge on any atom is -0.256 e. The third kappa shape index (κ3) is 2.99. The molecule has 0 heterocycles. The Morgan fingerprint density at radius 1 is 0.944 bits per heavy atom. The van der Waals surface area contributed by atoms with Gasteiger partial charge in [-0.15, -0.1) is 0 Å². The zero-order valence-corrected chi connectivity index (χ0v) is 11.6. The zero-order valence-electron chi connectivity index (χ0n) is 10.9. The summed E-state index contributed by atoms with van der Waals surface area (Å²) in [5.41, 5.74) is 5.90.